The Balaban J connectivity index is 1.55. The highest BCUT2D eigenvalue weighted by atomic mass is 32.1. The van der Waals surface area contributed by atoms with Crippen LogP contribution in [0.2, 0.25) is 0 Å². The molecular weight excluding hydrogens is 416 g/mol. The number of hydrogen-bond acceptors (Lipinski definition) is 7. The predicted molar refractivity (Wildman–Crippen MR) is 121 cm³/mol. The second kappa shape index (κ2) is 10.5. The van der Waals surface area contributed by atoms with E-state index in [1.165, 1.54) is 0 Å². The van der Waals surface area contributed by atoms with Crippen LogP contribution < -0.4 is 15.4 Å². The van der Waals surface area contributed by atoms with Gasteiger partial charge in [0, 0.05) is 11.3 Å². The summed E-state index contributed by atoms with van der Waals surface area (Å²) in [6.45, 7) is 6.81. The summed E-state index contributed by atoms with van der Waals surface area (Å²) in [5, 5.41) is 10.5. The zero-order chi connectivity index (χ0) is 22.2. The van der Waals surface area contributed by atoms with Gasteiger partial charge in [-0.3, -0.25) is 0 Å². The van der Waals surface area contributed by atoms with Crippen molar-refractivity contribution in [3.05, 3.63) is 59.5 Å². The van der Waals surface area contributed by atoms with Gasteiger partial charge in [0.15, 0.2) is 5.11 Å². The number of benzene rings is 2. The monoisotopic (exact) mass is 440 g/mol. The van der Waals surface area contributed by atoms with Crippen LogP contribution in [-0.4, -0.2) is 34.4 Å². The average molecular weight is 441 g/mol. The Kier molecular flexibility index (Phi) is 7.55. The molecule has 0 saturated carbocycles. The van der Waals surface area contributed by atoms with E-state index < -0.39 is 0 Å². The minimum atomic E-state index is -0.349. The van der Waals surface area contributed by atoms with Crippen molar-refractivity contribution < 1.29 is 18.8 Å². The van der Waals surface area contributed by atoms with Gasteiger partial charge in [0.25, 0.3) is 0 Å². The maximum atomic E-state index is 11.8. The van der Waals surface area contributed by atoms with E-state index in [1.54, 1.807) is 25.1 Å². The fourth-order valence-electron chi connectivity index (χ4n) is 2.78. The van der Waals surface area contributed by atoms with Crippen molar-refractivity contribution in [3.63, 3.8) is 0 Å². The van der Waals surface area contributed by atoms with Gasteiger partial charge in [0.05, 0.1) is 25.3 Å². The first-order chi connectivity index (χ1) is 15.0. The van der Waals surface area contributed by atoms with Gasteiger partial charge in [-0.05, 0) is 81.0 Å². The molecule has 0 spiro atoms. The third-order valence-corrected chi connectivity index (χ3v) is 4.52. The molecule has 0 aliphatic heterocycles. The maximum absolute atomic E-state index is 11.8. The van der Waals surface area contributed by atoms with Crippen molar-refractivity contribution in [2.75, 3.05) is 18.5 Å². The van der Waals surface area contributed by atoms with Gasteiger partial charge in [-0.15, -0.1) is 0 Å². The molecule has 0 aliphatic rings. The van der Waals surface area contributed by atoms with Crippen LogP contribution in [0.3, 0.4) is 0 Å². The van der Waals surface area contributed by atoms with Gasteiger partial charge in [-0.1, -0.05) is 5.16 Å². The standard InChI is InChI=1S/C22H24N4O4S/c1-4-28-17-9-6-15(7-10-17)20-25-19(30-26-20)13-23-22(31)24-18-11-8-16(12-14(18)3)21(27)29-5-2/h6-12H,4-5,13H2,1-3H3,(H2,23,24,31). The molecule has 0 saturated heterocycles. The molecule has 2 N–H and O–H groups in total. The van der Waals surface area contributed by atoms with Gasteiger partial charge >= 0.3 is 5.97 Å². The first-order valence-corrected chi connectivity index (χ1v) is 10.3. The van der Waals surface area contributed by atoms with Gasteiger partial charge in [0.2, 0.25) is 11.7 Å². The largest absolute Gasteiger partial charge is 0.494 e. The fourth-order valence-corrected chi connectivity index (χ4v) is 2.96. The molecule has 31 heavy (non-hydrogen) atoms. The lowest BCUT2D eigenvalue weighted by molar-refractivity contribution is 0.0526. The van der Waals surface area contributed by atoms with Crippen LogP contribution >= 0.6 is 12.2 Å². The van der Waals surface area contributed by atoms with Crippen LogP contribution in [0.1, 0.15) is 35.7 Å². The lowest BCUT2D eigenvalue weighted by Crippen LogP contribution is -2.28. The number of nitrogens with one attached hydrogen (secondary N) is 2. The molecule has 1 heterocycles. The molecule has 0 aliphatic carbocycles. The van der Waals surface area contributed by atoms with Crippen molar-refractivity contribution in [1.82, 2.24) is 15.5 Å². The van der Waals surface area contributed by atoms with Crippen LogP contribution in [-0.2, 0) is 11.3 Å². The predicted octanol–water partition coefficient (Wildman–Crippen LogP) is 4.11. The number of rotatable bonds is 8. The minimum absolute atomic E-state index is 0.274. The first kappa shape index (κ1) is 22.2. The zero-order valence-electron chi connectivity index (χ0n) is 17.6. The molecule has 0 unspecified atom stereocenters. The molecule has 0 bridgehead atoms. The molecule has 0 amide bonds. The molecule has 3 rings (SSSR count). The SMILES string of the molecule is CCOC(=O)c1ccc(NC(=S)NCc2nc(-c3ccc(OCC)cc3)no2)c(C)c1. The summed E-state index contributed by atoms with van der Waals surface area (Å²) in [6, 6.07) is 12.7. The van der Waals surface area contributed by atoms with E-state index in [0.717, 1.165) is 22.6 Å². The van der Waals surface area contributed by atoms with Crippen LogP contribution in [0.25, 0.3) is 11.4 Å². The number of carbonyl (C=O) groups is 1. The summed E-state index contributed by atoms with van der Waals surface area (Å²) in [5.74, 6) is 1.34. The number of nitrogens with zero attached hydrogens (tertiary/aromatic N) is 2. The molecular formula is C22H24N4O4S. The van der Waals surface area contributed by atoms with E-state index in [2.05, 4.69) is 20.8 Å². The second-order valence-electron chi connectivity index (χ2n) is 6.53. The van der Waals surface area contributed by atoms with E-state index >= 15 is 0 Å². The Bertz CT molecular complexity index is 1050. The van der Waals surface area contributed by atoms with E-state index in [4.69, 9.17) is 26.2 Å². The van der Waals surface area contributed by atoms with Gasteiger partial charge in [-0.2, -0.15) is 4.98 Å². The molecule has 3 aromatic rings. The van der Waals surface area contributed by atoms with Gasteiger partial charge < -0.3 is 24.6 Å². The molecule has 0 fully saturated rings. The quantitative estimate of drug-likeness (QED) is 0.396. The summed E-state index contributed by atoms with van der Waals surface area (Å²) < 4.78 is 15.7. The average Bonchev–Trinajstić information content (AvgIpc) is 3.24. The molecule has 9 heteroatoms. The number of aryl methyl sites for hydroxylation is 1. The Morgan fingerprint density at radius 1 is 1.13 bits per heavy atom. The van der Waals surface area contributed by atoms with Crippen LogP contribution in [0.5, 0.6) is 5.75 Å². The Labute approximate surface area is 185 Å². The lowest BCUT2D eigenvalue weighted by atomic mass is 10.1. The highest BCUT2D eigenvalue weighted by Crippen LogP contribution is 2.20. The summed E-state index contributed by atoms with van der Waals surface area (Å²) in [7, 11) is 0. The number of carbonyl (C=O) groups excluding carboxylic acids is 1. The molecule has 0 atom stereocenters. The van der Waals surface area contributed by atoms with Crippen LogP contribution in [0.15, 0.2) is 47.0 Å². The molecule has 2 aromatic carbocycles. The molecule has 1 aromatic heterocycles. The molecule has 162 valence electrons. The summed E-state index contributed by atoms with van der Waals surface area (Å²) in [6.07, 6.45) is 0. The maximum Gasteiger partial charge on any atom is 0.338 e. The summed E-state index contributed by atoms with van der Waals surface area (Å²) >= 11 is 5.34. The second-order valence-corrected chi connectivity index (χ2v) is 6.94. The third kappa shape index (κ3) is 6.02. The van der Waals surface area contributed by atoms with Crippen molar-refractivity contribution in [1.29, 1.82) is 0 Å². The van der Waals surface area contributed by atoms with E-state index in [0.29, 0.717) is 35.6 Å². The first-order valence-electron chi connectivity index (χ1n) is 9.88. The fraction of sp³-hybridized carbons (Fsp3) is 0.273. The highest BCUT2D eigenvalue weighted by Gasteiger charge is 2.11. The van der Waals surface area contributed by atoms with E-state index in [9.17, 15) is 4.79 Å². The van der Waals surface area contributed by atoms with Crippen LogP contribution in [0.4, 0.5) is 5.69 Å². The Morgan fingerprint density at radius 2 is 1.90 bits per heavy atom. The molecule has 8 nitrogen and oxygen atoms in total. The Hall–Kier alpha value is -3.46. The van der Waals surface area contributed by atoms with Gasteiger partial charge in [-0.25, -0.2) is 4.79 Å². The van der Waals surface area contributed by atoms with Crippen molar-refractivity contribution in [3.8, 4) is 17.1 Å². The topological polar surface area (TPSA) is 98.5 Å². The highest BCUT2D eigenvalue weighted by molar-refractivity contribution is 7.80. The number of aromatic nitrogens is 2. The molecule has 0 radical (unpaired) electrons. The number of thiocarbonyl (C=S) groups is 1. The van der Waals surface area contributed by atoms with Gasteiger partial charge in [0.1, 0.15) is 5.75 Å². The smallest absolute Gasteiger partial charge is 0.338 e. The Morgan fingerprint density at radius 3 is 2.58 bits per heavy atom. The van der Waals surface area contributed by atoms with E-state index in [-0.39, 0.29) is 12.5 Å². The van der Waals surface area contributed by atoms with Crippen LogP contribution in [0, 0.1) is 6.92 Å². The minimum Gasteiger partial charge on any atom is -0.494 e. The number of anilines is 1. The number of hydrogen-bond donors (Lipinski definition) is 2. The van der Waals surface area contributed by atoms with Crippen molar-refractivity contribution in [2.45, 2.75) is 27.3 Å². The van der Waals surface area contributed by atoms with E-state index in [1.807, 2.05) is 38.1 Å². The third-order valence-electron chi connectivity index (χ3n) is 4.28. The van der Waals surface area contributed by atoms with Crippen molar-refractivity contribution in [2.24, 2.45) is 0 Å². The van der Waals surface area contributed by atoms with Crippen molar-refractivity contribution >= 4 is 29.0 Å². The summed E-state index contributed by atoms with van der Waals surface area (Å²) in [4.78, 5) is 16.2. The normalized spacial score (nSPS) is 10.4. The zero-order valence-corrected chi connectivity index (χ0v) is 18.4. The lowest BCUT2D eigenvalue weighted by Gasteiger charge is -2.12. The number of esters is 1. The number of ether oxygens (including phenoxy) is 2. The summed E-state index contributed by atoms with van der Waals surface area (Å²) in [5.41, 5.74) is 2.98.